The summed E-state index contributed by atoms with van der Waals surface area (Å²) in [6.07, 6.45) is -3.08. The molecule has 2 aromatic rings. The molecule has 0 radical (unpaired) electrons. The van der Waals surface area contributed by atoms with Gasteiger partial charge in [0.25, 0.3) is 0 Å². The van der Waals surface area contributed by atoms with Gasteiger partial charge in [-0.05, 0) is 31.0 Å². The number of halogens is 3. The summed E-state index contributed by atoms with van der Waals surface area (Å²) in [7, 11) is 0. The van der Waals surface area contributed by atoms with Crippen LogP contribution in [0.25, 0.3) is 0 Å². The van der Waals surface area contributed by atoms with Crippen LogP contribution in [0.2, 0.25) is 0 Å². The summed E-state index contributed by atoms with van der Waals surface area (Å²) in [5.41, 5.74) is 29.5. The third-order valence-electron chi connectivity index (χ3n) is 5.72. The molecule has 0 saturated carbocycles. The van der Waals surface area contributed by atoms with E-state index in [9.17, 15) is 13.2 Å². The molecule has 0 spiro atoms. The number of hydrogen-bond acceptors (Lipinski definition) is 11. The van der Waals surface area contributed by atoms with E-state index >= 15 is 0 Å². The van der Waals surface area contributed by atoms with Crippen molar-refractivity contribution in [3.8, 4) is 0 Å². The molecule has 11 nitrogen and oxygen atoms in total. The van der Waals surface area contributed by atoms with Crippen molar-refractivity contribution in [1.29, 1.82) is 0 Å². The van der Waals surface area contributed by atoms with E-state index in [1.54, 1.807) is 0 Å². The van der Waals surface area contributed by atoms with Crippen LogP contribution in [0.1, 0.15) is 18.4 Å². The number of nitrogens with zero attached hydrogens (tertiary/aromatic N) is 5. The molecular formula is C20H30F3N11. The Balaban J connectivity index is 1.60. The second-order valence-electron chi connectivity index (χ2n) is 8.91. The predicted molar refractivity (Wildman–Crippen MR) is 124 cm³/mol. The number of nitrogens with one attached hydrogen (secondary N) is 2. The zero-order chi connectivity index (χ0) is 24.5. The lowest BCUT2D eigenvalue weighted by Crippen LogP contribution is -2.54. The van der Waals surface area contributed by atoms with Gasteiger partial charge in [0.15, 0.2) is 0 Å². The first kappa shape index (κ1) is 24.2. The largest absolute Gasteiger partial charge is 0.416 e. The molecule has 2 aliphatic heterocycles. The molecule has 4 rings (SSSR count). The molecule has 1 aromatic heterocycles. The SMILES string of the molecule is NC1CC(N)CN(c2nc(NNc3cccc(C(F)(F)F)c3)nc(N3CC(N)CC(N)C3)n2)C1. The van der Waals surface area contributed by atoms with Crippen LogP contribution >= 0.6 is 0 Å². The smallest absolute Gasteiger partial charge is 0.338 e. The molecule has 4 atom stereocenters. The van der Waals surface area contributed by atoms with Crippen LogP contribution < -0.4 is 43.6 Å². The van der Waals surface area contributed by atoms with Crippen molar-refractivity contribution in [2.24, 2.45) is 22.9 Å². The molecule has 186 valence electrons. The summed E-state index contributed by atoms with van der Waals surface area (Å²) < 4.78 is 39.1. The maximum atomic E-state index is 13.0. The number of aromatic nitrogens is 3. The average molecular weight is 482 g/mol. The quantitative estimate of drug-likeness (QED) is 0.319. The Morgan fingerprint density at radius 1 is 0.765 bits per heavy atom. The maximum Gasteiger partial charge on any atom is 0.416 e. The standard InChI is InChI=1S/C20H30F3N11/c21-20(22,23)11-2-1-3-16(4-11)31-32-17-28-18(33-7-12(24)5-13(25)8-33)30-19(29-17)34-9-14(26)6-15(27)10-34/h1-4,12-15,31H,5-10,24-27H2,(H,28,29,30,32). The number of piperidine rings is 2. The summed E-state index contributed by atoms with van der Waals surface area (Å²) in [6.45, 7) is 2.04. The fourth-order valence-corrected chi connectivity index (χ4v) is 4.28. The van der Waals surface area contributed by atoms with Gasteiger partial charge in [-0.15, -0.1) is 0 Å². The highest BCUT2D eigenvalue weighted by Gasteiger charge is 2.31. The van der Waals surface area contributed by atoms with E-state index in [1.807, 2.05) is 9.80 Å². The van der Waals surface area contributed by atoms with E-state index in [-0.39, 0.29) is 35.8 Å². The second-order valence-corrected chi connectivity index (χ2v) is 8.91. The van der Waals surface area contributed by atoms with Crippen molar-refractivity contribution in [3.63, 3.8) is 0 Å². The fourth-order valence-electron chi connectivity index (χ4n) is 4.28. The third-order valence-corrected chi connectivity index (χ3v) is 5.72. The average Bonchev–Trinajstić information content (AvgIpc) is 2.76. The lowest BCUT2D eigenvalue weighted by molar-refractivity contribution is -0.137. The highest BCUT2D eigenvalue weighted by atomic mass is 19.4. The molecule has 14 heteroatoms. The molecule has 1 aromatic carbocycles. The Bertz CT molecular complexity index is 924. The van der Waals surface area contributed by atoms with E-state index in [1.165, 1.54) is 12.1 Å². The first-order valence-corrected chi connectivity index (χ1v) is 11.0. The zero-order valence-corrected chi connectivity index (χ0v) is 18.5. The highest BCUT2D eigenvalue weighted by Crippen LogP contribution is 2.30. The van der Waals surface area contributed by atoms with Gasteiger partial charge < -0.3 is 32.7 Å². The number of nitrogens with two attached hydrogens (primary N) is 4. The molecule has 0 amide bonds. The van der Waals surface area contributed by atoms with Crippen LogP contribution in [0, 0.1) is 0 Å². The van der Waals surface area contributed by atoms with Crippen LogP contribution in [-0.2, 0) is 6.18 Å². The van der Waals surface area contributed by atoms with Gasteiger partial charge in [0, 0.05) is 50.3 Å². The van der Waals surface area contributed by atoms with Gasteiger partial charge in [-0.3, -0.25) is 10.9 Å². The van der Waals surface area contributed by atoms with Crippen molar-refractivity contribution >= 4 is 23.5 Å². The lowest BCUT2D eigenvalue weighted by atomic mass is 10.0. The summed E-state index contributed by atoms with van der Waals surface area (Å²) >= 11 is 0. The van der Waals surface area contributed by atoms with Crippen molar-refractivity contribution in [2.45, 2.75) is 43.2 Å². The number of benzene rings is 1. The Morgan fingerprint density at radius 2 is 1.26 bits per heavy atom. The van der Waals surface area contributed by atoms with Crippen molar-refractivity contribution in [2.75, 3.05) is 46.8 Å². The zero-order valence-electron chi connectivity index (χ0n) is 18.5. The van der Waals surface area contributed by atoms with E-state index < -0.39 is 11.7 Å². The molecule has 2 aliphatic rings. The Labute approximate surface area is 195 Å². The van der Waals surface area contributed by atoms with Gasteiger partial charge in [-0.1, -0.05) is 6.07 Å². The summed E-state index contributed by atoms with van der Waals surface area (Å²) in [4.78, 5) is 17.3. The number of alkyl halides is 3. The molecule has 34 heavy (non-hydrogen) atoms. The summed E-state index contributed by atoms with van der Waals surface area (Å²) in [6, 6.07) is 4.24. The van der Waals surface area contributed by atoms with Gasteiger partial charge in [-0.25, -0.2) is 0 Å². The fraction of sp³-hybridized carbons (Fsp3) is 0.550. The molecule has 10 N–H and O–H groups in total. The summed E-state index contributed by atoms with van der Waals surface area (Å²) in [5, 5.41) is 0. The Kier molecular flexibility index (Phi) is 6.93. The van der Waals surface area contributed by atoms with Gasteiger partial charge in [0.05, 0.1) is 11.3 Å². The Morgan fingerprint density at radius 3 is 1.74 bits per heavy atom. The van der Waals surface area contributed by atoms with E-state index in [0.717, 1.165) is 12.1 Å². The second kappa shape index (κ2) is 9.74. The summed E-state index contributed by atoms with van der Waals surface area (Å²) in [5.74, 6) is 0.839. The van der Waals surface area contributed by atoms with Crippen molar-refractivity contribution in [3.05, 3.63) is 29.8 Å². The van der Waals surface area contributed by atoms with Crippen molar-refractivity contribution in [1.82, 2.24) is 15.0 Å². The molecule has 3 heterocycles. The van der Waals surface area contributed by atoms with Gasteiger partial charge in [0.1, 0.15) is 0 Å². The van der Waals surface area contributed by atoms with Gasteiger partial charge >= 0.3 is 6.18 Å². The molecule has 4 unspecified atom stereocenters. The van der Waals surface area contributed by atoms with Crippen LogP contribution in [0.15, 0.2) is 24.3 Å². The molecular weight excluding hydrogens is 451 g/mol. The number of hydrogen-bond donors (Lipinski definition) is 6. The normalized spacial score (nSPS) is 25.9. The van der Waals surface area contributed by atoms with Crippen LogP contribution in [0.4, 0.5) is 36.7 Å². The number of anilines is 4. The van der Waals surface area contributed by atoms with Crippen LogP contribution in [0.5, 0.6) is 0 Å². The topological polar surface area (TPSA) is 173 Å². The van der Waals surface area contributed by atoms with Crippen LogP contribution in [-0.4, -0.2) is 65.3 Å². The first-order chi connectivity index (χ1) is 16.1. The van der Waals surface area contributed by atoms with Crippen LogP contribution in [0.3, 0.4) is 0 Å². The lowest BCUT2D eigenvalue weighted by Gasteiger charge is -2.37. The van der Waals surface area contributed by atoms with Crippen molar-refractivity contribution < 1.29 is 13.2 Å². The minimum atomic E-state index is -4.46. The van der Waals surface area contributed by atoms with Gasteiger partial charge in [-0.2, -0.15) is 28.1 Å². The molecule has 2 fully saturated rings. The van der Waals surface area contributed by atoms with E-state index in [0.29, 0.717) is 50.9 Å². The molecule has 2 saturated heterocycles. The first-order valence-electron chi connectivity index (χ1n) is 11.0. The number of rotatable bonds is 5. The monoisotopic (exact) mass is 481 g/mol. The predicted octanol–water partition coefficient (Wildman–Crippen LogP) is 0.0588. The minimum absolute atomic E-state index is 0.123. The minimum Gasteiger partial charge on any atom is -0.338 e. The van der Waals surface area contributed by atoms with E-state index in [4.69, 9.17) is 22.9 Å². The number of hydrazine groups is 1. The maximum absolute atomic E-state index is 13.0. The van der Waals surface area contributed by atoms with E-state index in [2.05, 4.69) is 25.8 Å². The van der Waals surface area contributed by atoms with Gasteiger partial charge in [0.2, 0.25) is 17.8 Å². The Hall–Kier alpha value is -2.94. The third kappa shape index (κ3) is 5.94. The highest BCUT2D eigenvalue weighted by molar-refractivity contribution is 5.52. The molecule has 0 aliphatic carbocycles. The molecule has 0 bridgehead atoms.